The van der Waals surface area contributed by atoms with E-state index >= 15 is 0 Å². The summed E-state index contributed by atoms with van der Waals surface area (Å²) in [7, 11) is -3.11. The van der Waals surface area contributed by atoms with E-state index in [-0.39, 0.29) is 11.7 Å². The first-order valence-electron chi connectivity index (χ1n) is 11.1. The largest absolute Gasteiger partial charge is 0.351 e. The minimum Gasteiger partial charge on any atom is -0.351 e. The van der Waals surface area contributed by atoms with Crippen molar-refractivity contribution in [3.05, 3.63) is 70.8 Å². The van der Waals surface area contributed by atoms with Gasteiger partial charge in [-0.25, -0.2) is 8.42 Å². The summed E-state index contributed by atoms with van der Waals surface area (Å²) in [4.78, 5) is 14.8. The van der Waals surface area contributed by atoms with Crippen LogP contribution in [0.15, 0.2) is 48.5 Å². The van der Waals surface area contributed by atoms with Crippen LogP contribution in [-0.2, 0) is 22.3 Å². The van der Waals surface area contributed by atoms with E-state index < -0.39 is 10.0 Å². The van der Waals surface area contributed by atoms with E-state index in [4.69, 9.17) is 0 Å². The molecule has 3 rings (SSSR count). The van der Waals surface area contributed by atoms with Gasteiger partial charge in [-0.3, -0.25) is 9.69 Å². The van der Waals surface area contributed by atoms with Gasteiger partial charge in [0.2, 0.25) is 10.0 Å². The van der Waals surface area contributed by atoms with Gasteiger partial charge in [-0.2, -0.15) is 16.1 Å². The molecule has 8 heteroatoms. The van der Waals surface area contributed by atoms with Crippen LogP contribution in [0.4, 0.5) is 0 Å². The van der Waals surface area contributed by atoms with Crippen LogP contribution < -0.4 is 5.32 Å². The van der Waals surface area contributed by atoms with Crippen LogP contribution in [0, 0.1) is 6.92 Å². The van der Waals surface area contributed by atoms with E-state index in [1.165, 1.54) is 11.1 Å². The fourth-order valence-corrected chi connectivity index (χ4v) is 5.64. The Morgan fingerprint density at radius 1 is 1.03 bits per heavy atom. The Bertz CT molecular complexity index is 1000. The molecule has 0 bridgehead atoms. The average Bonchev–Trinajstić information content (AvgIpc) is 2.79. The molecule has 6 nitrogen and oxygen atoms in total. The van der Waals surface area contributed by atoms with Gasteiger partial charge in [-0.15, -0.1) is 0 Å². The molecule has 1 N–H and O–H groups in total. The van der Waals surface area contributed by atoms with E-state index in [9.17, 15) is 13.2 Å². The van der Waals surface area contributed by atoms with Gasteiger partial charge >= 0.3 is 0 Å². The number of carbonyl (C=O) groups is 1. The van der Waals surface area contributed by atoms with Crippen molar-refractivity contribution in [3.8, 4) is 0 Å². The van der Waals surface area contributed by atoms with Gasteiger partial charge in [0.15, 0.2) is 0 Å². The number of nitrogens with zero attached hydrogens (tertiary/aromatic N) is 2. The van der Waals surface area contributed by atoms with Crippen molar-refractivity contribution >= 4 is 27.7 Å². The zero-order valence-electron chi connectivity index (χ0n) is 18.9. The third-order valence-corrected chi connectivity index (χ3v) is 8.48. The number of nitrogens with one attached hydrogen (secondary N) is 1. The highest BCUT2D eigenvalue weighted by atomic mass is 32.2. The number of rotatable bonds is 10. The molecule has 1 aliphatic heterocycles. The van der Waals surface area contributed by atoms with Gasteiger partial charge in [-0.1, -0.05) is 42.0 Å². The Morgan fingerprint density at radius 2 is 1.75 bits per heavy atom. The van der Waals surface area contributed by atoms with Crippen molar-refractivity contribution in [2.75, 3.05) is 44.2 Å². The molecule has 1 amide bonds. The number of hydrogen-bond acceptors (Lipinski definition) is 5. The van der Waals surface area contributed by atoms with Gasteiger partial charge in [0, 0.05) is 56.3 Å². The smallest absolute Gasteiger partial charge is 0.251 e. The van der Waals surface area contributed by atoms with Crippen LogP contribution in [-0.4, -0.2) is 67.8 Å². The zero-order valence-corrected chi connectivity index (χ0v) is 20.6. The van der Waals surface area contributed by atoms with Gasteiger partial charge in [0.25, 0.3) is 5.91 Å². The molecular weight excluding hydrogens is 442 g/mol. The van der Waals surface area contributed by atoms with E-state index in [1.807, 2.05) is 36.0 Å². The van der Waals surface area contributed by atoms with Crippen molar-refractivity contribution < 1.29 is 13.2 Å². The summed E-state index contributed by atoms with van der Waals surface area (Å²) in [5.74, 6) is 1.90. The fourth-order valence-electron chi connectivity index (χ4n) is 3.75. The lowest BCUT2D eigenvalue weighted by molar-refractivity contribution is 0.0956. The first-order chi connectivity index (χ1) is 15.4. The van der Waals surface area contributed by atoms with Crippen molar-refractivity contribution in [2.24, 2.45) is 0 Å². The minimum atomic E-state index is -3.11. The van der Waals surface area contributed by atoms with Crippen LogP contribution in [0.25, 0.3) is 0 Å². The van der Waals surface area contributed by atoms with Crippen molar-refractivity contribution in [1.29, 1.82) is 0 Å². The highest BCUT2D eigenvalue weighted by molar-refractivity contribution is 7.98. The molecule has 0 aromatic heterocycles. The van der Waals surface area contributed by atoms with Gasteiger partial charge in [0.1, 0.15) is 0 Å². The van der Waals surface area contributed by atoms with Gasteiger partial charge < -0.3 is 5.32 Å². The van der Waals surface area contributed by atoms with E-state index in [1.54, 1.807) is 11.2 Å². The summed E-state index contributed by atoms with van der Waals surface area (Å²) in [6.07, 6.45) is 0. The Hall–Kier alpha value is -1.87. The number of sulfonamides is 1. The average molecular weight is 476 g/mol. The monoisotopic (exact) mass is 475 g/mol. The summed E-state index contributed by atoms with van der Waals surface area (Å²) < 4.78 is 25.6. The molecule has 174 valence electrons. The molecule has 2 aromatic carbocycles. The second-order valence-corrected chi connectivity index (χ2v) is 11.4. The van der Waals surface area contributed by atoms with Crippen LogP contribution in [0.1, 0.15) is 34.0 Å². The predicted octanol–water partition coefficient (Wildman–Crippen LogP) is 3.13. The van der Waals surface area contributed by atoms with Crippen LogP contribution in [0.2, 0.25) is 0 Å². The highest BCUT2D eigenvalue weighted by Gasteiger charge is 2.25. The second-order valence-electron chi connectivity index (χ2n) is 8.07. The van der Waals surface area contributed by atoms with Gasteiger partial charge in [0.05, 0.1) is 5.75 Å². The van der Waals surface area contributed by atoms with Crippen LogP contribution >= 0.6 is 11.8 Å². The molecule has 32 heavy (non-hydrogen) atoms. The third-order valence-electron chi connectivity index (χ3n) is 5.57. The Balaban J connectivity index is 1.41. The molecule has 1 heterocycles. The highest BCUT2D eigenvalue weighted by Crippen LogP contribution is 2.14. The summed E-state index contributed by atoms with van der Waals surface area (Å²) in [5.41, 5.74) is 4.31. The van der Waals surface area contributed by atoms with Crippen LogP contribution in [0.5, 0.6) is 0 Å². The zero-order chi connectivity index (χ0) is 23.0. The molecule has 0 saturated carbocycles. The maximum atomic E-state index is 12.5. The first kappa shape index (κ1) is 24.8. The Morgan fingerprint density at radius 3 is 2.47 bits per heavy atom. The maximum absolute atomic E-state index is 12.5. The normalized spacial score (nSPS) is 15.6. The molecule has 1 saturated heterocycles. The fraction of sp³-hybridized carbons (Fsp3) is 0.458. The lowest BCUT2D eigenvalue weighted by Gasteiger charge is -2.33. The number of hydrogen-bond donors (Lipinski definition) is 1. The molecule has 0 unspecified atom stereocenters. The molecular formula is C24H33N3O3S2. The molecule has 0 atom stereocenters. The first-order valence-corrected chi connectivity index (χ1v) is 13.8. The number of amides is 1. The predicted molar refractivity (Wildman–Crippen MR) is 132 cm³/mol. The molecule has 1 aliphatic rings. The quantitative estimate of drug-likeness (QED) is 0.535. The number of aryl methyl sites for hydroxylation is 1. The maximum Gasteiger partial charge on any atom is 0.251 e. The Labute approximate surface area is 196 Å². The van der Waals surface area contributed by atoms with Crippen molar-refractivity contribution in [2.45, 2.75) is 26.1 Å². The van der Waals surface area contributed by atoms with Crippen LogP contribution in [0.3, 0.4) is 0 Å². The molecule has 2 aromatic rings. The number of carbonyl (C=O) groups excluding carboxylic acids is 1. The summed E-state index contributed by atoms with van der Waals surface area (Å²) in [6, 6.07) is 16.2. The van der Waals surface area contributed by atoms with E-state index in [0.29, 0.717) is 44.8 Å². The SMILES string of the molecule is CCS(=O)(=O)N1CCN(Cc2cccc(C(=O)NCCSCc3cccc(C)c3)c2)CC1. The summed E-state index contributed by atoms with van der Waals surface area (Å²) in [5, 5.41) is 3.01. The van der Waals surface area contributed by atoms with Crippen molar-refractivity contribution in [1.82, 2.24) is 14.5 Å². The number of benzene rings is 2. The van der Waals surface area contributed by atoms with E-state index in [2.05, 4.69) is 41.4 Å². The Kier molecular flexibility index (Phi) is 9.16. The summed E-state index contributed by atoms with van der Waals surface area (Å²) >= 11 is 1.81. The van der Waals surface area contributed by atoms with Crippen molar-refractivity contribution in [3.63, 3.8) is 0 Å². The lowest BCUT2D eigenvalue weighted by Crippen LogP contribution is -2.48. The van der Waals surface area contributed by atoms with E-state index in [0.717, 1.165) is 17.1 Å². The molecule has 0 aliphatic carbocycles. The number of piperazine rings is 1. The lowest BCUT2D eigenvalue weighted by atomic mass is 10.1. The second kappa shape index (κ2) is 11.8. The third kappa shape index (κ3) is 7.33. The molecule has 0 radical (unpaired) electrons. The summed E-state index contributed by atoms with van der Waals surface area (Å²) in [6.45, 7) is 7.58. The minimum absolute atomic E-state index is 0.0538. The topological polar surface area (TPSA) is 69.7 Å². The molecule has 1 fully saturated rings. The standard InChI is InChI=1S/C24H33N3O3S2/c1-3-32(29,30)27-13-11-26(12-14-27)18-21-7-5-9-23(17-21)24(28)25-10-15-31-19-22-8-4-6-20(2)16-22/h4-9,16-17H,3,10-15,18-19H2,1-2H3,(H,25,28). The molecule has 0 spiro atoms. The number of thioether (sulfide) groups is 1. The van der Waals surface area contributed by atoms with Gasteiger partial charge in [-0.05, 0) is 37.1 Å².